The maximum Gasteiger partial charge on any atom is 0.326 e. The second kappa shape index (κ2) is 21.1. The van der Waals surface area contributed by atoms with E-state index in [4.69, 9.17) is 5.73 Å². The third-order valence-corrected chi connectivity index (χ3v) is 9.72. The Bertz CT molecular complexity index is 1500. The number of carbonyl (C=O) groups excluding carboxylic acids is 4. The number of nitrogens with one attached hydrogen (secondary N) is 2. The number of aliphatic hydroxyl groups is 1. The van der Waals surface area contributed by atoms with Crippen LogP contribution in [0, 0.1) is 11.8 Å². The van der Waals surface area contributed by atoms with Gasteiger partial charge in [-0.2, -0.15) is 0 Å². The van der Waals surface area contributed by atoms with Crippen LogP contribution < -0.4 is 16.4 Å². The van der Waals surface area contributed by atoms with E-state index in [9.17, 15) is 44.4 Å². The van der Waals surface area contributed by atoms with Crippen molar-refractivity contribution in [2.45, 2.75) is 116 Å². The van der Waals surface area contributed by atoms with Crippen molar-refractivity contribution in [3.63, 3.8) is 0 Å². The monoisotopic (exact) mass is 741 g/mol. The lowest BCUT2D eigenvalue weighted by molar-refractivity contribution is -0.152. The third kappa shape index (κ3) is 13.0. The van der Waals surface area contributed by atoms with Crippen LogP contribution in [-0.2, 0) is 36.8 Å². The van der Waals surface area contributed by atoms with Crippen molar-refractivity contribution in [3.8, 4) is 11.5 Å². The van der Waals surface area contributed by atoms with Crippen molar-refractivity contribution in [1.29, 1.82) is 0 Å². The van der Waals surface area contributed by atoms with Crippen molar-refractivity contribution in [3.05, 3.63) is 59.7 Å². The fourth-order valence-corrected chi connectivity index (χ4v) is 6.06. The van der Waals surface area contributed by atoms with E-state index in [1.54, 1.807) is 45.0 Å². The van der Waals surface area contributed by atoms with Crippen LogP contribution in [0.5, 0.6) is 11.5 Å². The number of carbonyl (C=O) groups is 5. The average molecular weight is 742 g/mol. The number of phenols is 2. The molecule has 0 heterocycles. The highest BCUT2D eigenvalue weighted by atomic mass is 16.4. The van der Waals surface area contributed by atoms with Crippen LogP contribution in [0.2, 0.25) is 0 Å². The number of phenolic OH excluding ortho intramolecular Hbond substituents is 2. The molecule has 0 aliphatic carbocycles. The van der Waals surface area contributed by atoms with E-state index in [2.05, 4.69) is 10.6 Å². The van der Waals surface area contributed by atoms with E-state index in [0.29, 0.717) is 24.0 Å². The van der Waals surface area contributed by atoms with Gasteiger partial charge in [-0.15, -0.1) is 0 Å². The van der Waals surface area contributed by atoms with Crippen LogP contribution in [-0.4, -0.2) is 110 Å². The molecule has 14 nitrogen and oxygen atoms in total. The number of benzene rings is 2. The summed E-state index contributed by atoms with van der Waals surface area (Å²) < 4.78 is 0. The lowest BCUT2D eigenvalue weighted by Crippen LogP contribution is -2.61. The lowest BCUT2D eigenvalue weighted by atomic mass is 9.93. The molecule has 8 N–H and O–H groups in total. The van der Waals surface area contributed by atoms with Gasteiger partial charge in [0, 0.05) is 33.0 Å². The minimum atomic E-state index is -1.54. The summed E-state index contributed by atoms with van der Waals surface area (Å²) in [5.74, 6) is -4.87. The molecule has 0 radical (unpaired) electrons. The van der Waals surface area contributed by atoms with Gasteiger partial charge in [0.25, 0.3) is 5.91 Å². The number of nitrogens with two attached hydrogens (primary N) is 1. The van der Waals surface area contributed by atoms with Crippen LogP contribution in [0.3, 0.4) is 0 Å². The topological polar surface area (TPSA) is 223 Å². The molecular formula is C39H59N5O9. The first-order valence-corrected chi connectivity index (χ1v) is 18.3. The molecule has 2 aromatic carbocycles. The van der Waals surface area contributed by atoms with E-state index in [1.165, 1.54) is 48.2 Å². The molecule has 0 aliphatic rings. The molecule has 0 fully saturated rings. The highest BCUT2D eigenvalue weighted by molar-refractivity contribution is 5.95. The Balaban J connectivity index is 2.43. The minimum Gasteiger partial charge on any atom is -0.508 e. The number of amides is 4. The van der Waals surface area contributed by atoms with E-state index >= 15 is 0 Å². The van der Waals surface area contributed by atoms with Gasteiger partial charge in [-0.25, -0.2) is 4.79 Å². The second-order valence-electron chi connectivity index (χ2n) is 14.2. The molecular weight excluding hydrogens is 682 g/mol. The highest BCUT2D eigenvalue weighted by Gasteiger charge is 2.41. The SMILES string of the molecule is CCCCC[C@H](N)[C@H](O)C(=O)N[C@H](C(=O)N(C)[C@H](C(=O)N(C)[C@@H](Cc1ccc(O)cc1)C(=O)N[C@@H](Cc1ccc(O)cc1)C(=O)O)C(C)CC)C(C)C. The van der Waals surface area contributed by atoms with Crippen molar-refractivity contribution in [2.75, 3.05) is 14.1 Å². The van der Waals surface area contributed by atoms with Crippen LogP contribution in [0.4, 0.5) is 0 Å². The molecule has 0 saturated carbocycles. The third-order valence-electron chi connectivity index (χ3n) is 9.72. The predicted octanol–water partition coefficient (Wildman–Crippen LogP) is 2.56. The van der Waals surface area contributed by atoms with Gasteiger partial charge in [-0.1, -0.05) is 84.6 Å². The summed E-state index contributed by atoms with van der Waals surface area (Å²) in [6.07, 6.45) is 1.80. The normalized spacial score (nSPS) is 15.3. The Morgan fingerprint density at radius 3 is 1.75 bits per heavy atom. The molecule has 0 saturated heterocycles. The van der Waals surface area contributed by atoms with E-state index in [1.807, 2.05) is 13.8 Å². The Labute approximate surface area is 312 Å². The van der Waals surface area contributed by atoms with Gasteiger partial charge in [-0.3, -0.25) is 19.2 Å². The molecule has 0 spiro atoms. The molecule has 2 aromatic rings. The molecule has 2 rings (SSSR count). The van der Waals surface area contributed by atoms with Crippen molar-refractivity contribution < 1.29 is 44.4 Å². The fraction of sp³-hybridized carbons (Fsp3) is 0.564. The Kier molecular flexibility index (Phi) is 17.7. The molecule has 7 atom stereocenters. The first kappa shape index (κ1) is 44.5. The standard InChI is InChI=1S/C39H59N5O9/c1-8-10-11-12-29(40)34(47)36(49)42-32(23(3)4)37(50)44(7)33(24(5)9-2)38(51)43(6)31(22-26-15-19-28(46)20-16-26)35(48)41-30(39(52)53)21-25-13-17-27(45)18-14-25/h13-20,23-24,29-34,45-47H,8-12,21-22,40H2,1-7H3,(H,41,48)(H,42,49)(H,52,53)/t24?,29-,30-,31-,32-,33-,34-/m0/s1. The number of carboxylic acid groups (broad SMARTS) is 1. The first-order chi connectivity index (χ1) is 24.9. The van der Waals surface area contributed by atoms with Crippen molar-refractivity contribution >= 4 is 29.6 Å². The van der Waals surface area contributed by atoms with Crippen molar-refractivity contribution in [1.82, 2.24) is 20.4 Å². The number of aliphatic hydroxyl groups excluding tert-OH is 1. The van der Waals surface area contributed by atoms with Gasteiger partial charge >= 0.3 is 5.97 Å². The number of unbranched alkanes of at least 4 members (excludes halogenated alkanes) is 2. The number of hydrogen-bond donors (Lipinski definition) is 7. The number of aliphatic carboxylic acids is 1. The van der Waals surface area contributed by atoms with Gasteiger partial charge in [0.05, 0.1) is 0 Å². The maximum atomic E-state index is 14.5. The minimum absolute atomic E-state index is 0.000221. The molecule has 53 heavy (non-hydrogen) atoms. The zero-order valence-corrected chi connectivity index (χ0v) is 32.0. The van der Waals surface area contributed by atoms with Gasteiger partial charge in [0.1, 0.15) is 41.8 Å². The summed E-state index contributed by atoms with van der Waals surface area (Å²) in [5, 5.41) is 45.4. The van der Waals surface area contributed by atoms with E-state index in [-0.39, 0.29) is 24.3 Å². The number of rotatable bonds is 21. The lowest BCUT2D eigenvalue weighted by Gasteiger charge is -2.39. The summed E-state index contributed by atoms with van der Waals surface area (Å²) in [6, 6.07) is 6.29. The quantitative estimate of drug-likeness (QED) is 0.0927. The van der Waals surface area contributed by atoms with Gasteiger partial charge in [0.2, 0.25) is 17.7 Å². The summed E-state index contributed by atoms with van der Waals surface area (Å²) in [6.45, 7) is 9.12. The van der Waals surface area contributed by atoms with Crippen LogP contribution >= 0.6 is 0 Å². The molecule has 0 aromatic heterocycles. The van der Waals surface area contributed by atoms with Gasteiger partial charge in [-0.05, 0) is 53.6 Å². The molecule has 4 amide bonds. The van der Waals surface area contributed by atoms with Crippen molar-refractivity contribution in [2.24, 2.45) is 17.6 Å². The molecule has 294 valence electrons. The highest BCUT2D eigenvalue weighted by Crippen LogP contribution is 2.22. The summed E-state index contributed by atoms with van der Waals surface area (Å²) >= 11 is 0. The maximum absolute atomic E-state index is 14.5. The smallest absolute Gasteiger partial charge is 0.326 e. The zero-order chi connectivity index (χ0) is 40.0. The summed E-state index contributed by atoms with van der Waals surface area (Å²) in [5.41, 5.74) is 7.21. The molecule has 14 heteroatoms. The Morgan fingerprint density at radius 1 is 0.755 bits per heavy atom. The fourth-order valence-electron chi connectivity index (χ4n) is 6.06. The van der Waals surface area contributed by atoms with Gasteiger partial charge in [0.15, 0.2) is 0 Å². The predicted molar refractivity (Wildman–Crippen MR) is 201 cm³/mol. The van der Waals surface area contributed by atoms with Gasteiger partial charge < -0.3 is 46.6 Å². The van der Waals surface area contributed by atoms with Crippen LogP contribution in [0.1, 0.15) is 77.8 Å². The largest absolute Gasteiger partial charge is 0.508 e. The average Bonchev–Trinajstić information content (AvgIpc) is 3.12. The second-order valence-corrected chi connectivity index (χ2v) is 14.2. The number of aromatic hydroxyl groups is 2. The number of carboxylic acids is 1. The summed E-state index contributed by atoms with van der Waals surface area (Å²) in [4.78, 5) is 70.4. The van der Waals surface area contributed by atoms with E-state index < -0.39 is 77.7 Å². The van der Waals surface area contributed by atoms with E-state index in [0.717, 1.165) is 19.3 Å². The van der Waals surface area contributed by atoms with Crippen LogP contribution in [0.15, 0.2) is 48.5 Å². The summed E-state index contributed by atoms with van der Waals surface area (Å²) in [7, 11) is 2.86. The van der Waals surface area contributed by atoms with Crippen LogP contribution in [0.25, 0.3) is 0 Å². The molecule has 0 aliphatic heterocycles. The zero-order valence-electron chi connectivity index (χ0n) is 32.0. The Hall–Kier alpha value is -4.69. The number of nitrogens with zero attached hydrogens (tertiary/aromatic N) is 2. The number of likely N-dealkylation sites (N-methyl/N-ethyl adjacent to an activating group) is 2. The Morgan fingerprint density at radius 2 is 1.28 bits per heavy atom. The number of hydrogen-bond acceptors (Lipinski definition) is 9. The first-order valence-electron chi connectivity index (χ1n) is 18.3. The molecule has 0 bridgehead atoms. The molecule has 1 unspecified atom stereocenters.